The van der Waals surface area contributed by atoms with E-state index in [4.69, 9.17) is 5.10 Å². The lowest BCUT2D eigenvalue weighted by atomic mass is 9.80. The zero-order valence-corrected chi connectivity index (χ0v) is 26.5. The second-order valence-corrected chi connectivity index (χ2v) is 16.2. The fraction of sp³-hybridized carbons (Fsp3) is 0.618. The molecule has 0 bridgehead atoms. The monoisotopic (exact) mass is 503 g/mol. The first-order valence-corrected chi connectivity index (χ1v) is 13.9. The molecule has 0 saturated heterocycles. The number of nitrogens with zero attached hydrogens (tertiary/aromatic N) is 3. The van der Waals surface area contributed by atoms with Gasteiger partial charge in [0.1, 0.15) is 12.5 Å². The van der Waals surface area contributed by atoms with Gasteiger partial charge in [-0.05, 0) is 68.2 Å². The van der Waals surface area contributed by atoms with Crippen molar-refractivity contribution in [3.63, 3.8) is 0 Å². The van der Waals surface area contributed by atoms with Gasteiger partial charge in [-0.1, -0.05) is 116 Å². The van der Waals surface area contributed by atoms with Gasteiger partial charge in [-0.25, -0.2) is 5.01 Å². The van der Waals surface area contributed by atoms with Crippen molar-refractivity contribution >= 4 is 17.2 Å². The average molecular weight is 504 g/mol. The van der Waals surface area contributed by atoms with Crippen molar-refractivity contribution in [3.8, 4) is 0 Å². The van der Waals surface area contributed by atoms with E-state index in [1.54, 1.807) is 0 Å². The molecule has 204 valence electrons. The third-order valence-corrected chi connectivity index (χ3v) is 7.33. The van der Waals surface area contributed by atoms with E-state index in [9.17, 15) is 0 Å². The Balaban J connectivity index is 2.20. The van der Waals surface area contributed by atoms with E-state index in [2.05, 4.69) is 150 Å². The Kier molecular flexibility index (Phi) is 7.26. The second-order valence-electron chi connectivity index (χ2n) is 16.2. The summed E-state index contributed by atoms with van der Waals surface area (Å²) in [6, 6.07) is 14.2. The Morgan fingerprint density at radius 1 is 0.459 bits per heavy atom. The van der Waals surface area contributed by atoms with Crippen LogP contribution in [0.3, 0.4) is 0 Å². The smallest absolute Gasteiger partial charge is 0.136 e. The maximum absolute atomic E-state index is 5.29. The molecule has 2 aromatic rings. The molecule has 0 aromatic heterocycles. The van der Waals surface area contributed by atoms with Crippen molar-refractivity contribution in [2.45, 2.75) is 126 Å². The fourth-order valence-electron chi connectivity index (χ4n) is 4.56. The number of hydrogen-bond donors (Lipinski definition) is 0. The van der Waals surface area contributed by atoms with Crippen LogP contribution >= 0.6 is 0 Å². The van der Waals surface area contributed by atoms with Crippen molar-refractivity contribution in [1.82, 2.24) is 0 Å². The molecule has 0 spiro atoms. The van der Waals surface area contributed by atoms with E-state index in [0.717, 1.165) is 5.84 Å². The Bertz CT molecular complexity index is 1100. The quantitative estimate of drug-likeness (QED) is 0.406. The van der Waals surface area contributed by atoms with Crippen LogP contribution in [0.25, 0.3) is 0 Å². The molecule has 3 nitrogen and oxygen atoms in total. The van der Waals surface area contributed by atoms with Crippen molar-refractivity contribution in [2.75, 3.05) is 16.6 Å². The van der Waals surface area contributed by atoms with Crippen molar-refractivity contribution in [3.05, 3.63) is 58.7 Å². The van der Waals surface area contributed by atoms with Gasteiger partial charge in [0.2, 0.25) is 0 Å². The molecule has 0 saturated carbocycles. The van der Waals surface area contributed by atoms with Crippen LogP contribution in [-0.2, 0) is 21.7 Å². The molecule has 3 heteroatoms. The Labute approximate surface area is 228 Å². The van der Waals surface area contributed by atoms with E-state index in [1.165, 1.54) is 33.6 Å². The van der Waals surface area contributed by atoms with Gasteiger partial charge < -0.3 is 4.90 Å². The summed E-state index contributed by atoms with van der Waals surface area (Å²) in [4.78, 5) is 2.44. The van der Waals surface area contributed by atoms with Gasteiger partial charge in [0.15, 0.2) is 0 Å². The highest BCUT2D eigenvalue weighted by molar-refractivity contribution is 6.04. The predicted molar refractivity (Wildman–Crippen MR) is 164 cm³/mol. The van der Waals surface area contributed by atoms with Gasteiger partial charge in [0.25, 0.3) is 0 Å². The lowest BCUT2D eigenvalue weighted by molar-refractivity contribution is 0.567. The van der Waals surface area contributed by atoms with Gasteiger partial charge in [0, 0.05) is 11.1 Å². The van der Waals surface area contributed by atoms with Crippen molar-refractivity contribution in [1.29, 1.82) is 0 Å². The molecule has 0 atom stereocenters. The predicted octanol–water partition coefficient (Wildman–Crippen LogP) is 9.52. The van der Waals surface area contributed by atoms with Crippen LogP contribution in [0.4, 0.5) is 11.4 Å². The van der Waals surface area contributed by atoms with Gasteiger partial charge in [-0.15, -0.1) is 0 Å². The summed E-state index contributed by atoms with van der Waals surface area (Å²) in [5.74, 6) is 1.11. The third kappa shape index (κ3) is 6.59. The first-order chi connectivity index (χ1) is 16.5. The molecular weight excluding hydrogens is 450 g/mol. The van der Waals surface area contributed by atoms with E-state index < -0.39 is 0 Å². The van der Waals surface area contributed by atoms with Crippen LogP contribution in [0.2, 0.25) is 0 Å². The number of amidine groups is 1. The lowest BCUT2D eigenvalue weighted by Gasteiger charge is -2.32. The normalized spacial score (nSPS) is 15.9. The highest BCUT2D eigenvalue weighted by atomic mass is 15.6. The Morgan fingerprint density at radius 3 is 1.08 bits per heavy atom. The minimum Gasteiger partial charge on any atom is -0.308 e. The minimum atomic E-state index is -0.0944. The second kappa shape index (κ2) is 9.17. The van der Waals surface area contributed by atoms with E-state index in [0.29, 0.717) is 6.67 Å². The highest BCUT2D eigenvalue weighted by Gasteiger charge is 2.35. The van der Waals surface area contributed by atoms with Crippen LogP contribution in [0.5, 0.6) is 0 Å². The van der Waals surface area contributed by atoms with Crippen LogP contribution < -0.4 is 9.91 Å². The number of rotatable bonds is 2. The molecule has 0 unspecified atom stereocenters. The van der Waals surface area contributed by atoms with Crippen LogP contribution in [0.1, 0.15) is 126 Å². The first kappa shape index (κ1) is 29.3. The summed E-state index contributed by atoms with van der Waals surface area (Å²) >= 11 is 0. The van der Waals surface area contributed by atoms with E-state index in [1.807, 2.05) is 0 Å². The van der Waals surface area contributed by atoms with Crippen LogP contribution in [0, 0.1) is 5.41 Å². The van der Waals surface area contributed by atoms with Crippen LogP contribution in [0.15, 0.2) is 41.5 Å². The maximum Gasteiger partial charge on any atom is 0.136 e. The number of hydrogen-bond acceptors (Lipinski definition) is 3. The molecule has 1 aliphatic rings. The van der Waals surface area contributed by atoms with Gasteiger partial charge in [-0.3, -0.25) is 0 Å². The summed E-state index contributed by atoms with van der Waals surface area (Å²) in [6.07, 6.45) is 0. The topological polar surface area (TPSA) is 18.8 Å². The molecular formula is C34H53N3. The summed E-state index contributed by atoms with van der Waals surface area (Å²) in [5, 5.41) is 7.51. The summed E-state index contributed by atoms with van der Waals surface area (Å²) < 4.78 is 0. The van der Waals surface area contributed by atoms with Crippen LogP contribution in [-0.4, -0.2) is 12.5 Å². The largest absolute Gasteiger partial charge is 0.308 e. The molecule has 1 aliphatic heterocycles. The standard InChI is InChI=1S/C34H53N3/c1-30(2,3)23-16-24(31(4,5)6)19-27(18-23)36-22-37(35-29(36)34(13,14)15)28-20-25(32(7,8)9)17-26(21-28)33(10,11)12/h16-21H,22H2,1-15H3. The van der Waals surface area contributed by atoms with Gasteiger partial charge in [-0.2, -0.15) is 5.10 Å². The van der Waals surface area contributed by atoms with E-state index >= 15 is 0 Å². The molecule has 0 N–H and O–H groups in total. The fourth-order valence-corrected chi connectivity index (χ4v) is 4.56. The number of hydrazone groups is 1. The summed E-state index contributed by atoms with van der Waals surface area (Å²) in [6.45, 7) is 35.1. The Morgan fingerprint density at radius 2 is 0.784 bits per heavy atom. The zero-order valence-electron chi connectivity index (χ0n) is 26.5. The van der Waals surface area contributed by atoms with Gasteiger partial charge in [0.05, 0.1) is 5.69 Å². The summed E-state index contributed by atoms with van der Waals surface area (Å²) in [5.41, 5.74) is 8.01. The Hall–Kier alpha value is -2.29. The van der Waals surface area contributed by atoms with Gasteiger partial charge >= 0.3 is 0 Å². The zero-order chi connectivity index (χ0) is 28.4. The minimum absolute atomic E-state index is 0.0641. The number of benzene rings is 2. The molecule has 37 heavy (non-hydrogen) atoms. The molecule has 0 amide bonds. The third-order valence-electron chi connectivity index (χ3n) is 7.33. The highest BCUT2D eigenvalue weighted by Crippen LogP contribution is 2.39. The lowest BCUT2D eigenvalue weighted by Crippen LogP contribution is -2.38. The molecule has 0 fully saturated rings. The van der Waals surface area contributed by atoms with E-state index in [-0.39, 0.29) is 27.1 Å². The molecule has 0 aliphatic carbocycles. The molecule has 3 rings (SSSR count). The SMILES string of the molecule is CC(C)(C)C1=NN(c2cc(C(C)(C)C)cc(C(C)(C)C)c2)CN1c1cc(C(C)(C)C)cc(C(C)(C)C)c1. The molecule has 2 aromatic carbocycles. The van der Waals surface area contributed by atoms with Crippen molar-refractivity contribution in [2.24, 2.45) is 10.5 Å². The number of anilines is 2. The van der Waals surface area contributed by atoms with Crippen molar-refractivity contribution < 1.29 is 0 Å². The molecule has 1 heterocycles. The maximum atomic E-state index is 5.29. The average Bonchev–Trinajstić information content (AvgIpc) is 3.17. The summed E-state index contributed by atoms with van der Waals surface area (Å²) in [7, 11) is 0. The molecule has 0 radical (unpaired) electrons. The first-order valence-electron chi connectivity index (χ1n) is 13.9.